The van der Waals surface area contributed by atoms with Crippen molar-refractivity contribution in [1.82, 2.24) is 4.90 Å². The molecule has 0 unspecified atom stereocenters. The van der Waals surface area contributed by atoms with E-state index < -0.39 is 5.97 Å². The lowest BCUT2D eigenvalue weighted by atomic mass is 9.85. The Balaban J connectivity index is 1.27. The molecule has 3 N–H and O–H groups in total. The summed E-state index contributed by atoms with van der Waals surface area (Å²) in [6.07, 6.45) is 3.38. The summed E-state index contributed by atoms with van der Waals surface area (Å²) in [5.74, 6) is -0.594. The zero-order valence-corrected chi connectivity index (χ0v) is 20.8. The molecule has 0 aromatic heterocycles. The van der Waals surface area contributed by atoms with Gasteiger partial charge in [0.25, 0.3) is 0 Å². The molecule has 0 radical (unpaired) electrons. The van der Waals surface area contributed by atoms with Crippen molar-refractivity contribution in [2.75, 3.05) is 36.2 Å². The van der Waals surface area contributed by atoms with Crippen molar-refractivity contribution >= 4 is 35.2 Å². The molecule has 0 atom stereocenters. The van der Waals surface area contributed by atoms with Crippen LogP contribution in [0.1, 0.15) is 43.2 Å². The summed E-state index contributed by atoms with van der Waals surface area (Å²) in [5.41, 5.74) is 4.54. The first-order valence-corrected chi connectivity index (χ1v) is 12.4. The highest BCUT2D eigenvalue weighted by Crippen LogP contribution is 2.30. The first kappa shape index (κ1) is 25.3. The Bertz CT molecular complexity index is 1110. The van der Waals surface area contributed by atoms with Gasteiger partial charge in [0.1, 0.15) is 6.10 Å². The molecule has 1 fully saturated rings. The van der Waals surface area contributed by atoms with Gasteiger partial charge in [0.15, 0.2) is 0 Å². The van der Waals surface area contributed by atoms with E-state index in [1.165, 1.54) is 0 Å². The van der Waals surface area contributed by atoms with Crippen molar-refractivity contribution in [1.29, 1.82) is 0 Å². The average molecular weight is 495 g/mol. The molecule has 9 heteroatoms. The molecule has 1 aliphatic carbocycles. The van der Waals surface area contributed by atoms with Gasteiger partial charge in [0.2, 0.25) is 0 Å². The van der Waals surface area contributed by atoms with Gasteiger partial charge >= 0.3 is 18.1 Å². The van der Waals surface area contributed by atoms with E-state index in [2.05, 4.69) is 10.6 Å². The summed E-state index contributed by atoms with van der Waals surface area (Å²) in [7, 11) is 3.89. The largest absolute Gasteiger partial charge is 0.481 e. The van der Waals surface area contributed by atoms with Crippen molar-refractivity contribution in [2.24, 2.45) is 5.92 Å². The van der Waals surface area contributed by atoms with Crippen LogP contribution >= 0.6 is 0 Å². The Morgan fingerprint density at radius 2 is 1.72 bits per heavy atom. The van der Waals surface area contributed by atoms with E-state index in [9.17, 15) is 14.4 Å². The second-order valence-corrected chi connectivity index (χ2v) is 9.80. The van der Waals surface area contributed by atoms with Gasteiger partial charge in [-0.3, -0.25) is 4.79 Å². The standard InChI is InChI=1S/C27H34N4O5/c1-30(2)23-5-3-4-21(16-23)28-26(34)29-22-9-8-20-17-31(13-12-19(20)15-22)27(35)36-24-10-6-18(7-11-24)14-25(32)33/h3-5,8-9,15-16,18,24H,6-7,10-14,17H2,1-2H3,(H,32,33)(H2,28,29,34)/t18-,24-. The number of anilines is 3. The van der Waals surface area contributed by atoms with Gasteiger partial charge in [-0.05, 0) is 79.5 Å². The van der Waals surface area contributed by atoms with Gasteiger partial charge in [0, 0.05) is 50.7 Å². The zero-order chi connectivity index (χ0) is 25.7. The molecule has 0 bridgehead atoms. The second-order valence-electron chi connectivity index (χ2n) is 9.80. The predicted molar refractivity (Wildman–Crippen MR) is 138 cm³/mol. The molecule has 1 heterocycles. The van der Waals surface area contributed by atoms with Crippen LogP contribution in [0.4, 0.5) is 26.7 Å². The van der Waals surface area contributed by atoms with E-state index in [0.29, 0.717) is 43.7 Å². The molecule has 1 saturated carbocycles. The highest BCUT2D eigenvalue weighted by molar-refractivity contribution is 6.00. The fraction of sp³-hybridized carbons (Fsp3) is 0.444. The first-order valence-electron chi connectivity index (χ1n) is 12.4. The number of amides is 3. The van der Waals surface area contributed by atoms with Crippen LogP contribution in [0.3, 0.4) is 0 Å². The first-order chi connectivity index (χ1) is 17.3. The molecule has 2 aliphatic rings. The number of urea groups is 1. The lowest BCUT2D eigenvalue weighted by Gasteiger charge is -2.32. The number of carbonyl (C=O) groups is 3. The Hall–Kier alpha value is -3.75. The van der Waals surface area contributed by atoms with Gasteiger partial charge in [0.05, 0.1) is 0 Å². The molecule has 36 heavy (non-hydrogen) atoms. The van der Waals surface area contributed by atoms with Crippen molar-refractivity contribution < 1.29 is 24.2 Å². The monoisotopic (exact) mass is 494 g/mol. The van der Waals surface area contributed by atoms with Crippen LogP contribution in [0.5, 0.6) is 0 Å². The van der Waals surface area contributed by atoms with Crippen LogP contribution in [0.2, 0.25) is 0 Å². The molecule has 1 aliphatic heterocycles. The zero-order valence-electron chi connectivity index (χ0n) is 20.8. The van der Waals surface area contributed by atoms with Gasteiger partial charge in [-0.1, -0.05) is 12.1 Å². The van der Waals surface area contributed by atoms with Gasteiger partial charge in [-0.25, -0.2) is 9.59 Å². The smallest absolute Gasteiger partial charge is 0.410 e. The topological polar surface area (TPSA) is 111 Å². The van der Waals surface area contributed by atoms with E-state index in [-0.39, 0.29) is 30.6 Å². The summed E-state index contributed by atoms with van der Waals surface area (Å²) in [6, 6.07) is 13.0. The summed E-state index contributed by atoms with van der Waals surface area (Å²) in [4.78, 5) is 39.8. The number of fused-ring (bicyclic) bond motifs is 1. The maximum absolute atomic E-state index is 12.7. The molecule has 0 saturated heterocycles. The highest BCUT2D eigenvalue weighted by Gasteiger charge is 2.28. The van der Waals surface area contributed by atoms with Crippen molar-refractivity contribution in [2.45, 2.75) is 51.2 Å². The maximum Gasteiger partial charge on any atom is 0.410 e. The molecule has 4 rings (SSSR count). The number of rotatable bonds is 6. The van der Waals surface area contributed by atoms with Crippen LogP contribution < -0.4 is 15.5 Å². The van der Waals surface area contributed by atoms with Gasteiger partial charge in [-0.2, -0.15) is 0 Å². The van der Waals surface area contributed by atoms with Crippen molar-refractivity contribution in [3.63, 3.8) is 0 Å². The highest BCUT2D eigenvalue weighted by atomic mass is 16.6. The average Bonchev–Trinajstić information content (AvgIpc) is 2.84. The van der Waals surface area contributed by atoms with Crippen LogP contribution in [-0.2, 0) is 22.5 Å². The molecule has 9 nitrogen and oxygen atoms in total. The van der Waals surface area contributed by atoms with Gasteiger partial charge < -0.3 is 30.3 Å². The minimum atomic E-state index is -0.767. The van der Waals surface area contributed by atoms with Gasteiger partial charge in [-0.15, -0.1) is 0 Å². The summed E-state index contributed by atoms with van der Waals surface area (Å²) < 4.78 is 5.73. The number of aliphatic carboxylic acids is 1. The number of carbonyl (C=O) groups excluding carboxylic acids is 2. The van der Waals surface area contributed by atoms with E-state index in [1.807, 2.05) is 61.5 Å². The molecule has 2 aromatic carbocycles. The number of carboxylic acid groups (broad SMARTS) is 1. The number of hydrogen-bond donors (Lipinski definition) is 3. The Morgan fingerprint density at radius 3 is 2.42 bits per heavy atom. The lowest BCUT2D eigenvalue weighted by molar-refractivity contribution is -0.138. The normalized spacial score (nSPS) is 19.1. The number of hydrogen-bond acceptors (Lipinski definition) is 5. The van der Waals surface area contributed by atoms with E-state index in [1.54, 1.807) is 4.90 Å². The quantitative estimate of drug-likeness (QED) is 0.525. The van der Waals surface area contributed by atoms with E-state index >= 15 is 0 Å². The Morgan fingerprint density at radius 1 is 1.00 bits per heavy atom. The van der Waals surface area contributed by atoms with Crippen molar-refractivity contribution in [3.8, 4) is 0 Å². The molecular formula is C27H34N4O5. The Labute approximate surface area is 211 Å². The summed E-state index contributed by atoms with van der Waals surface area (Å²) >= 11 is 0. The number of carboxylic acids is 1. The third-order valence-electron chi connectivity index (χ3n) is 6.88. The van der Waals surface area contributed by atoms with Crippen molar-refractivity contribution in [3.05, 3.63) is 53.6 Å². The fourth-order valence-electron chi connectivity index (χ4n) is 4.86. The maximum atomic E-state index is 12.7. The third kappa shape index (κ3) is 6.68. The minimum absolute atomic E-state index is 0.146. The molecule has 3 amide bonds. The van der Waals surface area contributed by atoms with Crippen LogP contribution in [-0.4, -0.2) is 54.8 Å². The number of nitrogens with zero attached hydrogens (tertiary/aromatic N) is 2. The van der Waals surface area contributed by atoms with Crippen LogP contribution in [0, 0.1) is 5.92 Å². The lowest BCUT2D eigenvalue weighted by Crippen LogP contribution is -2.39. The van der Waals surface area contributed by atoms with E-state index in [0.717, 1.165) is 29.7 Å². The fourth-order valence-corrected chi connectivity index (χ4v) is 4.86. The SMILES string of the molecule is CN(C)c1cccc(NC(=O)Nc2ccc3c(c2)CCN(C(=O)O[C@H]2CC[C@H](CC(=O)O)CC2)C3)c1. The van der Waals surface area contributed by atoms with Crippen LogP contribution in [0.25, 0.3) is 0 Å². The molecule has 192 valence electrons. The number of ether oxygens (including phenoxy) is 1. The summed E-state index contributed by atoms with van der Waals surface area (Å²) in [5, 5.41) is 14.7. The molecular weight excluding hydrogens is 460 g/mol. The predicted octanol–water partition coefficient (Wildman–Crippen LogP) is 4.92. The number of nitrogens with one attached hydrogen (secondary N) is 2. The van der Waals surface area contributed by atoms with Crippen LogP contribution in [0.15, 0.2) is 42.5 Å². The summed E-state index contributed by atoms with van der Waals surface area (Å²) in [6.45, 7) is 1.01. The molecule has 2 aromatic rings. The Kier molecular flexibility index (Phi) is 7.97. The van der Waals surface area contributed by atoms with E-state index in [4.69, 9.17) is 9.84 Å². The molecule has 0 spiro atoms. The second kappa shape index (κ2) is 11.3. The third-order valence-corrected chi connectivity index (χ3v) is 6.88. The minimum Gasteiger partial charge on any atom is -0.481 e. The number of benzene rings is 2.